The van der Waals surface area contributed by atoms with E-state index in [-0.39, 0.29) is 24.2 Å². The third kappa shape index (κ3) is 9.76. The van der Waals surface area contributed by atoms with Gasteiger partial charge in [0.05, 0.1) is 6.54 Å². The number of anilines is 1. The first-order valence-electron chi connectivity index (χ1n) is 10.8. The second-order valence-electron chi connectivity index (χ2n) is 8.26. The number of carboxylic acid groups (broad SMARTS) is 1. The molecule has 0 saturated heterocycles. The number of carbonyl (C=O) groups excluding carboxylic acids is 3. The Morgan fingerprint density at radius 3 is 2.31 bits per heavy atom. The number of benzene rings is 1. The van der Waals surface area contributed by atoms with E-state index in [2.05, 4.69) is 17.2 Å². The summed E-state index contributed by atoms with van der Waals surface area (Å²) in [5, 5.41) is 14.4. The van der Waals surface area contributed by atoms with E-state index in [0.29, 0.717) is 18.5 Å². The first-order chi connectivity index (χ1) is 15.0. The molecule has 1 rings (SSSR count). The van der Waals surface area contributed by atoms with Crippen LogP contribution in [0.4, 0.5) is 5.69 Å². The summed E-state index contributed by atoms with van der Waals surface area (Å²) in [5.74, 6) is -1.62. The van der Waals surface area contributed by atoms with Crippen molar-refractivity contribution in [3.63, 3.8) is 0 Å². The molecule has 3 N–H and O–H groups in total. The van der Waals surface area contributed by atoms with E-state index in [1.54, 1.807) is 19.2 Å². The van der Waals surface area contributed by atoms with Crippen molar-refractivity contribution in [1.82, 2.24) is 10.2 Å². The van der Waals surface area contributed by atoms with Crippen molar-refractivity contribution in [2.24, 2.45) is 5.92 Å². The number of carboxylic acids is 1. The lowest BCUT2D eigenvalue weighted by atomic mass is 10.0. The number of hydrogen-bond acceptors (Lipinski definition) is 5. The molecule has 1 aromatic rings. The zero-order valence-electron chi connectivity index (χ0n) is 19.5. The highest BCUT2D eigenvalue weighted by Crippen LogP contribution is 2.20. The lowest BCUT2D eigenvalue weighted by molar-refractivity contribution is -0.135. The van der Waals surface area contributed by atoms with Crippen LogP contribution in [0.3, 0.4) is 0 Å². The number of aliphatic carboxylic acids is 1. The standard InChI is InChI=1S/C24H35N3O5/c1-16(2)18-11-19(24(32)26-14-23(30)31)13-20(12-18)25-10-8-6-7-9-22(29)27(5)15-21(28)17(3)4/h11-13,17,25H,1,6-10,14-15H2,2-5H3,(H,26,32)(H,30,31). The van der Waals surface area contributed by atoms with Crippen molar-refractivity contribution < 1.29 is 24.3 Å². The van der Waals surface area contributed by atoms with Crippen molar-refractivity contribution in [3.05, 3.63) is 35.9 Å². The number of nitrogens with one attached hydrogen (secondary N) is 2. The van der Waals surface area contributed by atoms with E-state index in [4.69, 9.17) is 5.11 Å². The van der Waals surface area contributed by atoms with Gasteiger partial charge in [-0.05, 0) is 43.5 Å². The highest BCUT2D eigenvalue weighted by Gasteiger charge is 2.15. The van der Waals surface area contributed by atoms with Gasteiger partial charge in [0.15, 0.2) is 5.78 Å². The Labute approximate surface area is 190 Å². The third-order valence-corrected chi connectivity index (χ3v) is 4.95. The Bertz CT molecular complexity index is 848. The fraction of sp³-hybridized carbons (Fsp3) is 0.500. The van der Waals surface area contributed by atoms with Crippen LogP contribution in [-0.4, -0.2) is 60.3 Å². The van der Waals surface area contributed by atoms with Gasteiger partial charge in [-0.2, -0.15) is 0 Å². The number of carbonyl (C=O) groups is 4. The van der Waals surface area contributed by atoms with Crippen LogP contribution in [0.1, 0.15) is 62.4 Å². The molecule has 8 nitrogen and oxygen atoms in total. The summed E-state index contributed by atoms with van der Waals surface area (Å²) in [4.78, 5) is 48.3. The van der Waals surface area contributed by atoms with Crippen LogP contribution in [0.15, 0.2) is 24.8 Å². The Morgan fingerprint density at radius 1 is 1.06 bits per heavy atom. The second-order valence-corrected chi connectivity index (χ2v) is 8.26. The highest BCUT2D eigenvalue weighted by molar-refractivity contribution is 5.97. The quantitative estimate of drug-likeness (QED) is 0.379. The molecular formula is C24H35N3O5. The van der Waals surface area contributed by atoms with Crippen LogP contribution in [0.5, 0.6) is 0 Å². The Hall–Kier alpha value is -3.16. The Morgan fingerprint density at radius 2 is 1.72 bits per heavy atom. The molecule has 176 valence electrons. The molecule has 0 spiro atoms. The fourth-order valence-electron chi connectivity index (χ4n) is 2.87. The molecule has 0 unspecified atom stereocenters. The van der Waals surface area contributed by atoms with Gasteiger partial charge in [-0.25, -0.2) is 0 Å². The normalized spacial score (nSPS) is 10.5. The van der Waals surface area contributed by atoms with E-state index >= 15 is 0 Å². The van der Waals surface area contributed by atoms with Crippen molar-refractivity contribution >= 4 is 34.8 Å². The van der Waals surface area contributed by atoms with Gasteiger partial charge in [0, 0.05) is 37.2 Å². The van der Waals surface area contributed by atoms with Crippen LogP contribution < -0.4 is 10.6 Å². The minimum absolute atomic E-state index is 0.0295. The zero-order valence-corrected chi connectivity index (χ0v) is 19.5. The molecule has 0 aliphatic rings. The molecule has 32 heavy (non-hydrogen) atoms. The van der Waals surface area contributed by atoms with Crippen molar-refractivity contribution in [2.45, 2.75) is 46.5 Å². The maximum absolute atomic E-state index is 12.2. The number of Topliss-reactive ketones (excluding diaryl/α,β-unsaturated/α-hetero) is 1. The van der Waals surface area contributed by atoms with Gasteiger partial charge in [0.2, 0.25) is 5.91 Å². The molecule has 1 aromatic carbocycles. The number of allylic oxidation sites excluding steroid dienone is 1. The number of hydrogen-bond donors (Lipinski definition) is 3. The van der Waals surface area contributed by atoms with E-state index in [0.717, 1.165) is 36.1 Å². The van der Waals surface area contributed by atoms with Gasteiger partial charge in [-0.3, -0.25) is 19.2 Å². The first kappa shape index (κ1) is 26.9. The Kier molecular flexibility index (Phi) is 11.2. The van der Waals surface area contributed by atoms with Gasteiger partial charge in [-0.15, -0.1) is 0 Å². The van der Waals surface area contributed by atoms with E-state index in [9.17, 15) is 19.2 Å². The largest absolute Gasteiger partial charge is 0.480 e. The summed E-state index contributed by atoms with van der Waals surface area (Å²) >= 11 is 0. The average Bonchev–Trinajstić information content (AvgIpc) is 2.73. The van der Waals surface area contributed by atoms with Gasteiger partial charge in [-0.1, -0.05) is 32.4 Å². The van der Waals surface area contributed by atoms with Gasteiger partial charge in [0.1, 0.15) is 6.54 Å². The first-order valence-corrected chi connectivity index (χ1v) is 10.8. The predicted octanol–water partition coefficient (Wildman–Crippen LogP) is 3.19. The topological polar surface area (TPSA) is 116 Å². The molecule has 0 aliphatic carbocycles. The zero-order chi connectivity index (χ0) is 24.3. The lowest BCUT2D eigenvalue weighted by Gasteiger charge is -2.17. The monoisotopic (exact) mass is 445 g/mol. The smallest absolute Gasteiger partial charge is 0.322 e. The number of nitrogens with zero attached hydrogens (tertiary/aromatic N) is 1. The number of unbranched alkanes of at least 4 members (excludes halogenated alkanes) is 2. The molecule has 0 saturated carbocycles. The van der Waals surface area contributed by atoms with Gasteiger partial charge in [0.25, 0.3) is 5.91 Å². The van der Waals surface area contributed by atoms with E-state index in [1.165, 1.54) is 4.90 Å². The predicted molar refractivity (Wildman–Crippen MR) is 126 cm³/mol. The summed E-state index contributed by atoms with van der Waals surface area (Å²) < 4.78 is 0. The summed E-state index contributed by atoms with van der Waals surface area (Å²) in [5.41, 5.74) is 2.69. The average molecular weight is 446 g/mol. The number of rotatable bonds is 14. The Balaban J connectivity index is 2.50. The van der Waals surface area contributed by atoms with Crippen molar-refractivity contribution in [1.29, 1.82) is 0 Å². The molecular weight excluding hydrogens is 410 g/mol. The molecule has 0 aliphatic heterocycles. The van der Waals surface area contributed by atoms with Crippen molar-refractivity contribution in [3.8, 4) is 0 Å². The minimum Gasteiger partial charge on any atom is -0.480 e. The summed E-state index contributed by atoms with van der Waals surface area (Å²) in [7, 11) is 1.66. The molecule has 2 amide bonds. The lowest BCUT2D eigenvalue weighted by Crippen LogP contribution is -2.33. The van der Waals surface area contributed by atoms with Crippen LogP contribution in [0, 0.1) is 5.92 Å². The van der Waals surface area contributed by atoms with E-state index in [1.807, 2.05) is 26.8 Å². The summed E-state index contributed by atoms with van der Waals surface area (Å²) in [6, 6.07) is 5.24. The third-order valence-electron chi connectivity index (χ3n) is 4.95. The van der Waals surface area contributed by atoms with Crippen LogP contribution in [0.2, 0.25) is 0 Å². The molecule has 0 atom stereocenters. The maximum atomic E-state index is 12.2. The van der Waals surface area contributed by atoms with E-state index < -0.39 is 18.4 Å². The molecule has 0 aromatic heterocycles. The van der Waals surface area contributed by atoms with Crippen LogP contribution in [-0.2, 0) is 14.4 Å². The molecule has 8 heteroatoms. The second kappa shape index (κ2) is 13.3. The molecule has 0 fully saturated rings. The molecule has 0 radical (unpaired) electrons. The van der Waals surface area contributed by atoms with Crippen molar-refractivity contribution in [2.75, 3.05) is 32.0 Å². The minimum atomic E-state index is -1.11. The number of likely N-dealkylation sites (N-methyl/N-ethyl adjacent to an activating group) is 1. The van der Waals surface area contributed by atoms with Crippen LogP contribution >= 0.6 is 0 Å². The maximum Gasteiger partial charge on any atom is 0.322 e. The van der Waals surface area contributed by atoms with Crippen LogP contribution in [0.25, 0.3) is 5.57 Å². The summed E-state index contributed by atoms with van der Waals surface area (Å²) in [6.45, 7) is 9.76. The molecule has 0 heterocycles. The van der Waals surface area contributed by atoms with Gasteiger partial charge < -0.3 is 20.6 Å². The summed E-state index contributed by atoms with van der Waals surface area (Å²) in [6.07, 6.45) is 2.81. The van der Waals surface area contributed by atoms with Gasteiger partial charge >= 0.3 is 5.97 Å². The SMILES string of the molecule is C=C(C)c1cc(NCCCCCC(=O)N(C)CC(=O)C(C)C)cc(C(=O)NCC(=O)O)c1. The number of amides is 2. The highest BCUT2D eigenvalue weighted by atomic mass is 16.4. The molecule has 0 bridgehead atoms. The number of ketones is 1. The fourth-order valence-corrected chi connectivity index (χ4v) is 2.87.